The Balaban J connectivity index is 0.000000753. The number of esters is 1. The molecule has 4 rings (SSSR count). The number of ether oxygens (including phenoxy) is 3. The van der Waals surface area contributed by atoms with Crippen LogP contribution < -0.4 is 4.90 Å². The minimum Gasteiger partial charge on any atom is -0.465 e. The summed E-state index contributed by atoms with van der Waals surface area (Å²) < 4.78 is 16.1. The Morgan fingerprint density at radius 1 is 1.35 bits per heavy atom. The fraction of sp³-hybridized carbons (Fsp3) is 0.647. The number of rotatable bonds is 2. The minimum absolute atomic E-state index is 0.266. The highest BCUT2D eigenvalue weighted by Crippen LogP contribution is 2.34. The van der Waals surface area contributed by atoms with Crippen LogP contribution >= 0.6 is 0 Å². The summed E-state index contributed by atoms with van der Waals surface area (Å²) in [6.07, 6.45) is 1.35. The molecule has 1 aromatic heterocycles. The van der Waals surface area contributed by atoms with Crippen LogP contribution in [-0.4, -0.2) is 43.9 Å². The van der Waals surface area contributed by atoms with Crippen molar-refractivity contribution < 1.29 is 19.0 Å². The lowest BCUT2D eigenvalue weighted by molar-refractivity contribution is 0.0600. The Labute approximate surface area is 136 Å². The molecule has 126 valence electrons. The van der Waals surface area contributed by atoms with E-state index < -0.39 is 0 Å². The molecule has 0 bridgehead atoms. The van der Waals surface area contributed by atoms with E-state index in [-0.39, 0.29) is 12.1 Å². The SMILES string of the molecule is CC.COC(=O)c1cc2c(nc1N1CC3CCOC3C1)COC2. The van der Waals surface area contributed by atoms with Crippen LogP contribution in [-0.2, 0) is 27.4 Å². The van der Waals surface area contributed by atoms with Crippen molar-refractivity contribution in [3.63, 3.8) is 0 Å². The quantitative estimate of drug-likeness (QED) is 0.778. The van der Waals surface area contributed by atoms with Crippen molar-refractivity contribution in [3.8, 4) is 0 Å². The van der Waals surface area contributed by atoms with Gasteiger partial charge in [0.1, 0.15) is 11.4 Å². The average molecular weight is 320 g/mol. The van der Waals surface area contributed by atoms with E-state index in [1.165, 1.54) is 7.11 Å². The molecule has 6 nitrogen and oxygen atoms in total. The van der Waals surface area contributed by atoms with Crippen molar-refractivity contribution in [3.05, 3.63) is 22.9 Å². The highest BCUT2D eigenvalue weighted by molar-refractivity contribution is 5.95. The van der Waals surface area contributed by atoms with Crippen molar-refractivity contribution in [1.82, 2.24) is 4.98 Å². The van der Waals surface area contributed by atoms with E-state index in [9.17, 15) is 4.79 Å². The van der Waals surface area contributed by atoms with Crippen LogP contribution in [0.1, 0.15) is 41.9 Å². The maximum absolute atomic E-state index is 12.1. The van der Waals surface area contributed by atoms with Crippen LogP contribution in [0.4, 0.5) is 5.82 Å². The lowest BCUT2D eigenvalue weighted by atomic mass is 10.1. The van der Waals surface area contributed by atoms with Gasteiger partial charge in [-0.1, -0.05) is 13.8 Å². The van der Waals surface area contributed by atoms with Crippen LogP contribution in [0.5, 0.6) is 0 Å². The van der Waals surface area contributed by atoms with Gasteiger partial charge in [-0.25, -0.2) is 9.78 Å². The van der Waals surface area contributed by atoms with E-state index in [2.05, 4.69) is 9.88 Å². The molecule has 4 heterocycles. The van der Waals surface area contributed by atoms with Crippen molar-refractivity contribution in [2.75, 3.05) is 31.7 Å². The van der Waals surface area contributed by atoms with Gasteiger partial charge < -0.3 is 19.1 Å². The Kier molecular flexibility index (Phi) is 4.82. The van der Waals surface area contributed by atoms with Gasteiger partial charge in [-0.05, 0) is 12.5 Å². The Bertz CT molecular complexity index is 578. The first-order chi connectivity index (χ1) is 11.3. The third-order valence-corrected chi connectivity index (χ3v) is 4.57. The third-order valence-electron chi connectivity index (χ3n) is 4.57. The second-order valence-corrected chi connectivity index (χ2v) is 5.81. The van der Waals surface area contributed by atoms with Gasteiger partial charge in [0.05, 0.1) is 32.1 Å². The monoisotopic (exact) mass is 320 g/mol. The number of fused-ring (bicyclic) bond motifs is 2. The van der Waals surface area contributed by atoms with E-state index in [0.29, 0.717) is 30.5 Å². The summed E-state index contributed by atoms with van der Waals surface area (Å²) >= 11 is 0. The molecule has 1 aromatic rings. The van der Waals surface area contributed by atoms with Gasteiger partial charge in [-0.2, -0.15) is 0 Å². The van der Waals surface area contributed by atoms with Crippen LogP contribution in [0.25, 0.3) is 0 Å². The molecule has 2 unspecified atom stereocenters. The van der Waals surface area contributed by atoms with Crippen LogP contribution in [0.15, 0.2) is 6.07 Å². The van der Waals surface area contributed by atoms with E-state index in [1.807, 2.05) is 19.9 Å². The van der Waals surface area contributed by atoms with Gasteiger partial charge in [0.25, 0.3) is 0 Å². The molecule has 2 saturated heterocycles. The Hall–Kier alpha value is -1.66. The summed E-state index contributed by atoms with van der Waals surface area (Å²) in [6.45, 7) is 7.56. The predicted octanol–water partition coefficient (Wildman–Crippen LogP) is 2.15. The summed E-state index contributed by atoms with van der Waals surface area (Å²) in [7, 11) is 1.40. The van der Waals surface area contributed by atoms with Crippen molar-refractivity contribution >= 4 is 11.8 Å². The molecule has 0 N–H and O–H groups in total. The lowest BCUT2D eigenvalue weighted by Crippen LogP contribution is -2.26. The maximum atomic E-state index is 12.1. The molecule has 6 heteroatoms. The molecular formula is C17H24N2O4. The fourth-order valence-corrected chi connectivity index (χ4v) is 3.44. The third kappa shape index (κ3) is 2.93. The molecule has 3 aliphatic rings. The minimum atomic E-state index is -0.342. The number of carbonyl (C=O) groups excluding carboxylic acids is 1. The first-order valence-corrected chi connectivity index (χ1v) is 8.31. The topological polar surface area (TPSA) is 60.9 Å². The summed E-state index contributed by atoms with van der Waals surface area (Å²) in [5.41, 5.74) is 2.44. The molecule has 3 aliphatic heterocycles. The number of hydrogen-bond acceptors (Lipinski definition) is 6. The fourth-order valence-electron chi connectivity index (χ4n) is 3.44. The standard InChI is InChI=1S/C15H18N2O4.C2H6/c1-19-15(18)11-4-10-7-20-8-12(10)16-14(11)17-5-9-2-3-21-13(9)6-17;1-2/h4,9,13H,2-3,5-8H2,1H3;1-2H3. The van der Waals surface area contributed by atoms with E-state index in [0.717, 1.165) is 37.4 Å². The molecule has 0 spiro atoms. The summed E-state index contributed by atoms with van der Waals surface area (Å²) in [6, 6.07) is 1.87. The van der Waals surface area contributed by atoms with Crippen molar-refractivity contribution in [1.29, 1.82) is 0 Å². The van der Waals surface area contributed by atoms with Crippen molar-refractivity contribution in [2.45, 2.75) is 39.6 Å². The largest absolute Gasteiger partial charge is 0.465 e. The maximum Gasteiger partial charge on any atom is 0.341 e. The van der Waals surface area contributed by atoms with Crippen molar-refractivity contribution in [2.24, 2.45) is 5.92 Å². The zero-order valence-corrected chi connectivity index (χ0v) is 14.0. The smallest absolute Gasteiger partial charge is 0.341 e. The molecule has 0 saturated carbocycles. The summed E-state index contributed by atoms with van der Waals surface area (Å²) in [5.74, 6) is 0.913. The van der Waals surface area contributed by atoms with Gasteiger partial charge in [0.2, 0.25) is 0 Å². The number of hydrogen-bond donors (Lipinski definition) is 0. The zero-order chi connectivity index (χ0) is 16.4. The molecule has 2 fully saturated rings. The first-order valence-electron chi connectivity index (χ1n) is 8.31. The zero-order valence-electron chi connectivity index (χ0n) is 14.0. The van der Waals surface area contributed by atoms with Crippen LogP contribution in [0, 0.1) is 5.92 Å². The number of carbonyl (C=O) groups is 1. The van der Waals surface area contributed by atoms with Gasteiger partial charge in [0, 0.05) is 31.2 Å². The number of aromatic nitrogens is 1. The first kappa shape index (κ1) is 16.2. The van der Waals surface area contributed by atoms with Crippen LogP contribution in [0.2, 0.25) is 0 Å². The lowest BCUT2D eigenvalue weighted by Gasteiger charge is -2.21. The normalized spacial score (nSPS) is 24.7. The van der Waals surface area contributed by atoms with Gasteiger partial charge >= 0.3 is 5.97 Å². The predicted molar refractivity (Wildman–Crippen MR) is 85.5 cm³/mol. The summed E-state index contributed by atoms with van der Waals surface area (Å²) in [5, 5.41) is 0. The highest BCUT2D eigenvalue weighted by Gasteiger charge is 2.39. The highest BCUT2D eigenvalue weighted by atomic mass is 16.5. The van der Waals surface area contributed by atoms with E-state index in [1.54, 1.807) is 0 Å². The molecule has 0 aromatic carbocycles. The number of anilines is 1. The van der Waals surface area contributed by atoms with Crippen LogP contribution in [0.3, 0.4) is 0 Å². The summed E-state index contributed by atoms with van der Waals surface area (Å²) in [4.78, 5) is 18.9. The number of methoxy groups -OCH3 is 1. The van der Waals surface area contributed by atoms with E-state index >= 15 is 0 Å². The Morgan fingerprint density at radius 3 is 2.91 bits per heavy atom. The number of pyridine rings is 1. The molecular weight excluding hydrogens is 296 g/mol. The van der Waals surface area contributed by atoms with E-state index in [4.69, 9.17) is 14.2 Å². The molecule has 0 amide bonds. The molecule has 2 atom stereocenters. The molecule has 0 radical (unpaired) electrons. The second kappa shape index (κ2) is 6.84. The van der Waals surface area contributed by atoms with Gasteiger partial charge in [0.15, 0.2) is 0 Å². The Morgan fingerprint density at radius 2 is 2.17 bits per heavy atom. The molecule has 0 aliphatic carbocycles. The number of nitrogens with zero attached hydrogens (tertiary/aromatic N) is 2. The van der Waals surface area contributed by atoms with Gasteiger partial charge in [-0.15, -0.1) is 0 Å². The average Bonchev–Trinajstić information content (AvgIpc) is 3.29. The molecule has 23 heavy (non-hydrogen) atoms. The second-order valence-electron chi connectivity index (χ2n) is 5.81. The van der Waals surface area contributed by atoms with Gasteiger partial charge in [-0.3, -0.25) is 0 Å².